The second kappa shape index (κ2) is 11.6. The second-order valence-electron chi connectivity index (χ2n) is 8.23. The molecule has 1 aromatic rings. The van der Waals surface area contributed by atoms with Crippen LogP contribution in [0.3, 0.4) is 0 Å². The number of aliphatic imine (C=N–C) groups is 1. The van der Waals surface area contributed by atoms with Crippen molar-refractivity contribution in [3.8, 4) is 0 Å². The summed E-state index contributed by atoms with van der Waals surface area (Å²) in [5.41, 5.74) is 0. The summed E-state index contributed by atoms with van der Waals surface area (Å²) in [5, 5.41) is 6.75. The number of rotatable bonds is 9. The van der Waals surface area contributed by atoms with Crippen molar-refractivity contribution in [2.75, 3.05) is 52.5 Å². The Bertz CT molecular complexity index is 623. The lowest BCUT2D eigenvalue weighted by Gasteiger charge is -2.32. The topological polar surface area (TPSA) is 62.0 Å². The first-order valence-electron chi connectivity index (χ1n) is 10.9. The molecule has 0 saturated carbocycles. The van der Waals surface area contributed by atoms with E-state index in [1.807, 2.05) is 12.1 Å². The van der Waals surface area contributed by atoms with Gasteiger partial charge in [0.1, 0.15) is 5.76 Å². The number of hydrogen-bond donors (Lipinski definition) is 2. The van der Waals surface area contributed by atoms with Gasteiger partial charge in [0.15, 0.2) is 5.96 Å². The Morgan fingerprint density at radius 3 is 2.60 bits per heavy atom. The normalized spacial score (nSPS) is 21.8. The van der Waals surface area contributed by atoms with Crippen LogP contribution in [0, 0.1) is 11.8 Å². The fraction of sp³-hybridized carbons (Fsp3) is 0.762. The SMILES string of the molecule is FC(F)(F)CN1CCC(CCNC(=NCC2CCOC2)NCCc2ccco2)CC1. The Hall–Kier alpha value is -1.74. The fourth-order valence-corrected chi connectivity index (χ4v) is 3.96. The van der Waals surface area contributed by atoms with Gasteiger partial charge in [0.05, 0.1) is 19.4 Å². The van der Waals surface area contributed by atoms with Gasteiger partial charge in [-0.15, -0.1) is 0 Å². The summed E-state index contributed by atoms with van der Waals surface area (Å²) >= 11 is 0. The molecule has 2 saturated heterocycles. The quantitative estimate of drug-likeness (QED) is 0.466. The molecule has 0 aromatic carbocycles. The molecule has 6 nitrogen and oxygen atoms in total. The first-order valence-corrected chi connectivity index (χ1v) is 10.9. The van der Waals surface area contributed by atoms with Gasteiger partial charge in [-0.25, -0.2) is 0 Å². The molecule has 9 heteroatoms. The molecule has 2 N–H and O–H groups in total. The Morgan fingerprint density at radius 2 is 1.93 bits per heavy atom. The third kappa shape index (κ3) is 8.55. The molecule has 0 amide bonds. The molecule has 0 spiro atoms. The minimum absolute atomic E-state index is 0.453. The molecule has 2 aliphatic heterocycles. The number of guanidine groups is 1. The minimum atomic E-state index is -4.11. The van der Waals surface area contributed by atoms with Crippen LogP contribution in [-0.4, -0.2) is 69.5 Å². The lowest BCUT2D eigenvalue weighted by atomic mass is 9.93. The summed E-state index contributed by atoms with van der Waals surface area (Å²) in [6.07, 6.45) is 1.95. The van der Waals surface area contributed by atoms with Crippen LogP contribution in [-0.2, 0) is 11.2 Å². The average molecular weight is 431 g/mol. The summed E-state index contributed by atoms with van der Waals surface area (Å²) in [4.78, 5) is 6.22. The first-order chi connectivity index (χ1) is 14.5. The predicted octanol–water partition coefficient (Wildman–Crippen LogP) is 3.06. The zero-order valence-electron chi connectivity index (χ0n) is 17.4. The molecule has 1 aromatic heterocycles. The second-order valence-corrected chi connectivity index (χ2v) is 8.23. The molecule has 1 atom stereocenters. The standard InChI is InChI=1S/C21H33F3N4O2/c22-21(23,24)16-28-10-5-17(6-11-28)3-8-25-20(27-14-18-7-13-29-15-18)26-9-4-19-2-1-12-30-19/h1-2,12,17-18H,3-11,13-16H2,(H2,25,26,27). The molecular formula is C21H33F3N4O2. The molecular weight excluding hydrogens is 397 g/mol. The fourth-order valence-electron chi connectivity index (χ4n) is 3.96. The third-order valence-corrected chi connectivity index (χ3v) is 5.73. The summed E-state index contributed by atoms with van der Waals surface area (Å²) in [6, 6.07) is 3.83. The Morgan fingerprint density at radius 1 is 1.13 bits per heavy atom. The van der Waals surface area contributed by atoms with E-state index in [1.54, 1.807) is 6.26 Å². The van der Waals surface area contributed by atoms with Crippen molar-refractivity contribution in [2.24, 2.45) is 16.8 Å². The van der Waals surface area contributed by atoms with E-state index >= 15 is 0 Å². The van der Waals surface area contributed by atoms with Crippen molar-refractivity contribution in [1.29, 1.82) is 0 Å². The van der Waals surface area contributed by atoms with Gasteiger partial charge in [0.25, 0.3) is 0 Å². The van der Waals surface area contributed by atoms with Crippen molar-refractivity contribution >= 4 is 5.96 Å². The van der Waals surface area contributed by atoms with Crippen LogP contribution in [0.25, 0.3) is 0 Å². The first kappa shape index (κ1) is 22.9. The van der Waals surface area contributed by atoms with E-state index in [9.17, 15) is 13.2 Å². The van der Waals surface area contributed by atoms with Crippen molar-refractivity contribution in [2.45, 2.75) is 38.3 Å². The van der Waals surface area contributed by atoms with Gasteiger partial charge in [-0.05, 0) is 56.8 Å². The van der Waals surface area contributed by atoms with E-state index in [2.05, 4.69) is 10.6 Å². The minimum Gasteiger partial charge on any atom is -0.469 e. The maximum atomic E-state index is 12.5. The van der Waals surface area contributed by atoms with Gasteiger partial charge in [-0.1, -0.05) is 0 Å². The van der Waals surface area contributed by atoms with Crippen LogP contribution in [0.15, 0.2) is 27.8 Å². The predicted molar refractivity (Wildman–Crippen MR) is 109 cm³/mol. The number of furan rings is 1. The van der Waals surface area contributed by atoms with Gasteiger partial charge in [0, 0.05) is 38.6 Å². The van der Waals surface area contributed by atoms with E-state index < -0.39 is 12.7 Å². The molecule has 0 bridgehead atoms. The highest BCUT2D eigenvalue weighted by molar-refractivity contribution is 5.79. The highest BCUT2D eigenvalue weighted by Crippen LogP contribution is 2.24. The number of likely N-dealkylation sites (tertiary alicyclic amines) is 1. The largest absolute Gasteiger partial charge is 0.469 e. The van der Waals surface area contributed by atoms with Crippen LogP contribution in [0.2, 0.25) is 0 Å². The Balaban J connectivity index is 1.38. The molecule has 2 fully saturated rings. The molecule has 1 unspecified atom stereocenters. The number of piperidine rings is 1. The lowest BCUT2D eigenvalue weighted by Crippen LogP contribution is -2.42. The molecule has 0 aliphatic carbocycles. The van der Waals surface area contributed by atoms with Crippen LogP contribution in [0.4, 0.5) is 13.2 Å². The molecule has 30 heavy (non-hydrogen) atoms. The highest BCUT2D eigenvalue weighted by Gasteiger charge is 2.32. The Kier molecular flexibility index (Phi) is 8.87. The monoisotopic (exact) mass is 430 g/mol. The Labute approximate surface area is 176 Å². The molecule has 170 valence electrons. The summed E-state index contributed by atoms with van der Waals surface area (Å²) in [6.45, 7) is 4.03. The van der Waals surface area contributed by atoms with Gasteiger partial charge in [0.2, 0.25) is 0 Å². The summed E-state index contributed by atoms with van der Waals surface area (Å²) in [5.74, 6) is 2.63. The molecule has 2 aliphatic rings. The maximum absolute atomic E-state index is 12.5. The van der Waals surface area contributed by atoms with Gasteiger partial charge in [-0.2, -0.15) is 13.2 Å². The van der Waals surface area contributed by atoms with Gasteiger partial charge >= 0.3 is 6.18 Å². The zero-order chi connectivity index (χ0) is 21.2. The van der Waals surface area contributed by atoms with E-state index in [0.717, 1.165) is 76.7 Å². The van der Waals surface area contributed by atoms with Crippen LogP contribution < -0.4 is 10.6 Å². The van der Waals surface area contributed by atoms with Crippen molar-refractivity contribution in [1.82, 2.24) is 15.5 Å². The number of halogens is 3. The number of nitrogens with one attached hydrogen (secondary N) is 2. The van der Waals surface area contributed by atoms with Crippen LogP contribution in [0.5, 0.6) is 0 Å². The number of nitrogens with zero attached hydrogens (tertiary/aromatic N) is 2. The van der Waals surface area contributed by atoms with Crippen molar-refractivity contribution in [3.05, 3.63) is 24.2 Å². The average Bonchev–Trinajstić information content (AvgIpc) is 3.40. The summed E-state index contributed by atoms with van der Waals surface area (Å²) in [7, 11) is 0. The third-order valence-electron chi connectivity index (χ3n) is 5.73. The zero-order valence-corrected chi connectivity index (χ0v) is 17.4. The number of alkyl halides is 3. The van der Waals surface area contributed by atoms with E-state index in [-0.39, 0.29) is 0 Å². The van der Waals surface area contributed by atoms with Gasteiger partial charge in [-0.3, -0.25) is 9.89 Å². The van der Waals surface area contributed by atoms with Crippen LogP contribution >= 0.6 is 0 Å². The number of ether oxygens (including phenoxy) is 1. The molecule has 3 heterocycles. The number of hydrogen-bond acceptors (Lipinski definition) is 4. The maximum Gasteiger partial charge on any atom is 0.401 e. The van der Waals surface area contributed by atoms with E-state index in [4.69, 9.17) is 14.1 Å². The smallest absolute Gasteiger partial charge is 0.401 e. The van der Waals surface area contributed by atoms with Crippen molar-refractivity contribution < 1.29 is 22.3 Å². The van der Waals surface area contributed by atoms with E-state index in [0.29, 0.717) is 24.9 Å². The molecule has 0 radical (unpaired) electrons. The summed E-state index contributed by atoms with van der Waals surface area (Å²) < 4.78 is 48.3. The molecule has 3 rings (SSSR count). The van der Waals surface area contributed by atoms with E-state index in [1.165, 1.54) is 4.90 Å². The van der Waals surface area contributed by atoms with Crippen molar-refractivity contribution in [3.63, 3.8) is 0 Å². The van der Waals surface area contributed by atoms with Gasteiger partial charge < -0.3 is 19.8 Å². The van der Waals surface area contributed by atoms with Crippen LogP contribution in [0.1, 0.15) is 31.4 Å². The lowest BCUT2D eigenvalue weighted by molar-refractivity contribution is -0.148. The highest BCUT2D eigenvalue weighted by atomic mass is 19.4.